The number of carbonyl (C=O) groups is 1. The molecule has 0 saturated heterocycles. The minimum Gasteiger partial charge on any atom is -0.494 e. The Morgan fingerprint density at radius 2 is 1.52 bits per heavy atom. The summed E-state index contributed by atoms with van der Waals surface area (Å²) in [6, 6.07) is 9.92. The molecule has 0 bridgehead atoms. The van der Waals surface area contributed by atoms with Crippen molar-refractivity contribution >= 4 is 5.91 Å². The highest BCUT2D eigenvalue weighted by Gasteiger charge is 2.17. The summed E-state index contributed by atoms with van der Waals surface area (Å²) in [5.74, 6) is 0.882. The van der Waals surface area contributed by atoms with Crippen LogP contribution in [0.25, 0.3) is 0 Å². The average Bonchev–Trinajstić information content (AvgIpc) is 2.81. The Morgan fingerprint density at radius 3 is 2.09 bits per heavy atom. The molecule has 33 heavy (non-hydrogen) atoms. The highest BCUT2D eigenvalue weighted by atomic mass is 16.5. The van der Waals surface area contributed by atoms with Crippen LogP contribution in [0, 0.1) is 6.92 Å². The van der Waals surface area contributed by atoms with Crippen LogP contribution in [-0.4, -0.2) is 12.5 Å². The number of benzene rings is 1. The third kappa shape index (κ3) is 9.98. The Kier molecular flexibility index (Phi) is 12.6. The maximum atomic E-state index is 12.7. The second kappa shape index (κ2) is 15.5. The van der Waals surface area contributed by atoms with E-state index in [9.17, 15) is 4.79 Å². The number of aromatic nitrogens is 1. The van der Waals surface area contributed by atoms with Gasteiger partial charge in [-0.05, 0) is 43.0 Å². The number of hydrogen-bond donors (Lipinski definition) is 1. The fraction of sp³-hybridized carbons (Fsp3) is 0.586. The molecule has 0 aliphatic carbocycles. The van der Waals surface area contributed by atoms with Crippen molar-refractivity contribution < 1.29 is 14.1 Å². The highest BCUT2D eigenvalue weighted by molar-refractivity contribution is 5.94. The third-order valence-electron chi connectivity index (χ3n) is 6.34. The van der Waals surface area contributed by atoms with Gasteiger partial charge in [0.2, 0.25) is 0 Å². The summed E-state index contributed by atoms with van der Waals surface area (Å²) in [5, 5.41) is 3.18. The van der Waals surface area contributed by atoms with Crippen LogP contribution in [0.1, 0.15) is 112 Å². The molecule has 0 aliphatic heterocycles. The van der Waals surface area contributed by atoms with Crippen LogP contribution < -0.4 is 14.6 Å². The van der Waals surface area contributed by atoms with E-state index in [-0.39, 0.29) is 11.9 Å². The lowest BCUT2D eigenvalue weighted by molar-refractivity contribution is -0.671. The van der Waals surface area contributed by atoms with Gasteiger partial charge >= 0.3 is 0 Å². The van der Waals surface area contributed by atoms with E-state index >= 15 is 0 Å². The fourth-order valence-electron chi connectivity index (χ4n) is 4.20. The molecular formula is C29H45N2O2+. The van der Waals surface area contributed by atoms with Crippen molar-refractivity contribution in [1.29, 1.82) is 0 Å². The van der Waals surface area contributed by atoms with Crippen molar-refractivity contribution in [2.75, 3.05) is 6.61 Å². The number of nitrogens with one attached hydrogen (secondary N) is 1. The van der Waals surface area contributed by atoms with Gasteiger partial charge in [0, 0.05) is 12.1 Å². The molecule has 1 aromatic carbocycles. The lowest BCUT2D eigenvalue weighted by Crippen LogP contribution is -2.31. The Morgan fingerprint density at radius 1 is 0.909 bits per heavy atom. The number of pyridine rings is 1. The number of aryl methyl sites for hydroxylation is 2. The maximum absolute atomic E-state index is 12.7. The second-order valence-electron chi connectivity index (χ2n) is 9.24. The van der Waals surface area contributed by atoms with Crippen molar-refractivity contribution in [2.24, 2.45) is 7.05 Å². The van der Waals surface area contributed by atoms with Gasteiger partial charge in [0.15, 0.2) is 12.4 Å². The molecule has 0 saturated carbocycles. The molecule has 1 N–H and O–H groups in total. The molecule has 2 rings (SSSR count). The van der Waals surface area contributed by atoms with E-state index in [4.69, 9.17) is 4.74 Å². The van der Waals surface area contributed by atoms with Gasteiger partial charge in [0.25, 0.3) is 5.91 Å². The lowest BCUT2D eigenvalue weighted by atomic mass is 9.98. The van der Waals surface area contributed by atoms with E-state index in [2.05, 4.69) is 38.2 Å². The van der Waals surface area contributed by atoms with E-state index in [0.717, 1.165) is 36.3 Å². The summed E-state index contributed by atoms with van der Waals surface area (Å²) >= 11 is 0. The van der Waals surface area contributed by atoms with Crippen LogP contribution >= 0.6 is 0 Å². The molecular weight excluding hydrogens is 408 g/mol. The van der Waals surface area contributed by atoms with E-state index in [1.807, 2.05) is 42.2 Å². The number of unbranched alkanes of at least 4 members (excludes halogenated alkanes) is 9. The molecule has 1 heterocycles. The summed E-state index contributed by atoms with van der Waals surface area (Å²) in [6.45, 7) is 7.24. The summed E-state index contributed by atoms with van der Waals surface area (Å²) in [5.41, 5.74) is 2.99. The molecule has 4 heteroatoms. The molecule has 0 aliphatic rings. The average molecular weight is 454 g/mol. The van der Waals surface area contributed by atoms with E-state index in [1.54, 1.807) is 0 Å². The monoisotopic (exact) mass is 453 g/mol. The number of nitrogens with zero attached hydrogens (tertiary/aromatic N) is 1. The quantitative estimate of drug-likeness (QED) is 0.220. The van der Waals surface area contributed by atoms with Crippen molar-refractivity contribution in [3.8, 4) is 5.75 Å². The highest BCUT2D eigenvalue weighted by Crippen LogP contribution is 2.25. The summed E-state index contributed by atoms with van der Waals surface area (Å²) in [4.78, 5) is 12.7. The zero-order chi connectivity index (χ0) is 23.9. The molecule has 1 atom stereocenters. The number of rotatable bonds is 16. The predicted molar refractivity (Wildman–Crippen MR) is 137 cm³/mol. The molecule has 1 unspecified atom stereocenters. The Hall–Kier alpha value is -2.36. The molecule has 182 valence electrons. The predicted octanol–water partition coefficient (Wildman–Crippen LogP) is 7.00. The lowest BCUT2D eigenvalue weighted by Gasteiger charge is -2.20. The Labute approximate surface area is 201 Å². The summed E-state index contributed by atoms with van der Waals surface area (Å²) in [7, 11) is 1.94. The van der Waals surface area contributed by atoms with Crippen LogP contribution in [0.15, 0.2) is 42.7 Å². The van der Waals surface area contributed by atoms with Crippen LogP contribution in [-0.2, 0) is 7.05 Å². The van der Waals surface area contributed by atoms with Crippen molar-refractivity contribution in [1.82, 2.24) is 5.32 Å². The summed E-state index contributed by atoms with van der Waals surface area (Å²) in [6.07, 6.45) is 17.9. The maximum Gasteiger partial charge on any atom is 0.252 e. The second-order valence-corrected chi connectivity index (χ2v) is 9.24. The van der Waals surface area contributed by atoms with Crippen molar-refractivity contribution in [3.63, 3.8) is 0 Å². The Bertz CT molecular complexity index is 817. The zero-order valence-corrected chi connectivity index (χ0v) is 21.4. The molecule has 1 aromatic heterocycles. The number of ether oxygens (including phenoxy) is 1. The molecule has 4 nitrogen and oxygen atoms in total. The van der Waals surface area contributed by atoms with Crippen LogP contribution in [0.2, 0.25) is 0 Å². The minimum absolute atomic E-state index is 0.0116. The first kappa shape index (κ1) is 26.9. The van der Waals surface area contributed by atoms with Gasteiger partial charge in [0.05, 0.1) is 18.2 Å². The standard InChI is InChI=1S/C29H44N2O2/c1-5-7-8-9-10-11-12-13-14-15-22-33-26-16-17-27(24(3)23-26)28(6-2)30-29(32)25-18-20-31(4)21-19-25/h16-21,23,28H,5-15,22H2,1-4H3/p+1. The zero-order valence-electron chi connectivity index (χ0n) is 21.4. The normalized spacial score (nSPS) is 11.9. The van der Waals surface area contributed by atoms with Gasteiger partial charge in [-0.2, -0.15) is 0 Å². The Balaban J connectivity index is 1.72. The first-order chi connectivity index (χ1) is 16.0. The SMILES string of the molecule is CCCCCCCCCCCCOc1ccc(C(CC)NC(=O)c2cc[n+](C)cc2)c(C)c1. The topological polar surface area (TPSA) is 42.2 Å². The van der Waals surface area contributed by atoms with Gasteiger partial charge in [0.1, 0.15) is 12.8 Å². The van der Waals surface area contributed by atoms with E-state index in [1.165, 1.54) is 57.8 Å². The summed E-state index contributed by atoms with van der Waals surface area (Å²) < 4.78 is 7.92. The molecule has 0 spiro atoms. The first-order valence-corrected chi connectivity index (χ1v) is 13.0. The number of hydrogen-bond acceptors (Lipinski definition) is 2. The van der Waals surface area contributed by atoms with E-state index in [0.29, 0.717) is 5.56 Å². The van der Waals surface area contributed by atoms with Gasteiger partial charge in [-0.3, -0.25) is 4.79 Å². The number of carbonyl (C=O) groups excluding carboxylic acids is 1. The van der Waals surface area contributed by atoms with Crippen LogP contribution in [0.4, 0.5) is 0 Å². The van der Waals surface area contributed by atoms with Crippen LogP contribution in [0.5, 0.6) is 5.75 Å². The smallest absolute Gasteiger partial charge is 0.252 e. The van der Waals surface area contributed by atoms with Gasteiger partial charge in [-0.15, -0.1) is 0 Å². The van der Waals surface area contributed by atoms with Crippen LogP contribution in [0.3, 0.4) is 0 Å². The molecule has 2 aromatic rings. The number of amides is 1. The van der Waals surface area contributed by atoms with Crippen molar-refractivity contribution in [3.05, 3.63) is 59.4 Å². The fourth-order valence-corrected chi connectivity index (χ4v) is 4.20. The van der Waals surface area contributed by atoms with Crippen molar-refractivity contribution in [2.45, 2.75) is 97.4 Å². The van der Waals surface area contributed by atoms with Gasteiger partial charge in [-0.1, -0.05) is 77.7 Å². The van der Waals surface area contributed by atoms with E-state index < -0.39 is 0 Å². The molecule has 0 fully saturated rings. The molecule has 0 radical (unpaired) electrons. The van der Waals surface area contributed by atoms with Gasteiger partial charge in [-0.25, -0.2) is 4.57 Å². The first-order valence-electron chi connectivity index (χ1n) is 13.0. The molecule has 1 amide bonds. The largest absolute Gasteiger partial charge is 0.494 e. The van der Waals surface area contributed by atoms with Gasteiger partial charge < -0.3 is 10.1 Å². The third-order valence-corrected chi connectivity index (χ3v) is 6.34. The minimum atomic E-state index is -0.0388.